The zero-order valence-electron chi connectivity index (χ0n) is 14.1. The first-order valence-corrected chi connectivity index (χ1v) is 8.85. The third-order valence-electron chi connectivity index (χ3n) is 4.79. The van der Waals surface area contributed by atoms with Crippen LogP contribution in [0.1, 0.15) is 30.3 Å². The highest BCUT2D eigenvalue weighted by molar-refractivity contribution is 6.30. The van der Waals surface area contributed by atoms with E-state index in [-0.39, 0.29) is 5.56 Å². The minimum absolute atomic E-state index is 0.0971. The van der Waals surface area contributed by atoms with Crippen LogP contribution in [0.15, 0.2) is 41.6 Å². The van der Waals surface area contributed by atoms with Crippen LogP contribution in [0.5, 0.6) is 0 Å². The van der Waals surface area contributed by atoms with E-state index in [1.54, 1.807) is 24.4 Å². The van der Waals surface area contributed by atoms with E-state index >= 15 is 0 Å². The second-order valence-corrected chi connectivity index (χ2v) is 7.07. The predicted molar refractivity (Wildman–Crippen MR) is 96.9 cm³/mol. The van der Waals surface area contributed by atoms with Crippen molar-refractivity contribution in [2.75, 3.05) is 13.1 Å². The van der Waals surface area contributed by atoms with Crippen molar-refractivity contribution in [3.05, 3.63) is 63.7 Å². The van der Waals surface area contributed by atoms with Gasteiger partial charge >= 0.3 is 0 Å². The first-order chi connectivity index (χ1) is 12.1. The predicted octanol–water partition coefficient (Wildman–Crippen LogP) is 2.46. The Hall–Kier alpha value is -2.18. The number of fused-ring (bicyclic) bond motifs is 1. The van der Waals surface area contributed by atoms with Gasteiger partial charge in [-0.1, -0.05) is 11.6 Å². The molecule has 0 N–H and O–H groups in total. The van der Waals surface area contributed by atoms with Crippen LogP contribution < -0.4 is 5.56 Å². The van der Waals surface area contributed by atoms with Gasteiger partial charge in [-0.05, 0) is 31.5 Å². The van der Waals surface area contributed by atoms with E-state index in [1.165, 1.54) is 4.40 Å². The summed E-state index contributed by atoms with van der Waals surface area (Å²) in [5.41, 5.74) is 1.33. The number of piperidine rings is 1. The Bertz CT molecular complexity index is 963. The summed E-state index contributed by atoms with van der Waals surface area (Å²) >= 11 is 5.96. The molecule has 130 valence electrons. The average molecular weight is 358 g/mol. The van der Waals surface area contributed by atoms with Crippen molar-refractivity contribution in [2.45, 2.75) is 25.3 Å². The van der Waals surface area contributed by atoms with E-state index in [0.717, 1.165) is 37.4 Å². The summed E-state index contributed by atoms with van der Waals surface area (Å²) in [5.74, 6) is 1.56. The van der Waals surface area contributed by atoms with Crippen molar-refractivity contribution in [2.24, 2.45) is 7.05 Å². The topological polar surface area (TPSA) is 55.4 Å². The van der Waals surface area contributed by atoms with Crippen molar-refractivity contribution >= 4 is 17.2 Å². The molecular formula is C18H20ClN5O. The molecule has 4 heterocycles. The summed E-state index contributed by atoms with van der Waals surface area (Å²) in [6, 6.07) is 5.14. The Morgan fingerprint density at radius 2 is 2.24 bits per heavy atom. The van der Waals surface area contributed by atoms with Crippen molar-refractivity contribution in [3.63, 3.8) is 0 Å². The zero-order valence-corrected chi connectivity index (χ0v) is 14.9. The number of rotatable bonds is 3. The van der Waals surface area contributed by atoms with E-state index in [0.29, 0.717) is 23.1 Å². The monoisotopic (exact) mass is 357 g/mol. The van der Waals surface area contributed by atoms with Gasteiger partial charge in [0.1, 0.15) is 11.5 Å². The van der Waals surface area contributed by atoms with E-state index < -0.39 is 0 Å². The molecule has 0 unspecified atom stereocenters. The lowest BCUT2D eigenvalue weighted by Crippen LogP contribution is -2.35. The number of aryl methyl sites for hydroxylation is 1. The second-order valence-electron chi connectivity index (χ2n) is 6.63. The molecule has 6 nitrogen and oxygen atoms in total. The van der Waals surface area contributed by atoms with Gasteiger partial charge in [-0.25, -0.2) is 9.97 Å². The summed E-state index contributed by atoms with van der Waals surface area (Å²) in [7, 11) is 2.04. The van der Waals surface area contributed by atoms with Crippen molar-refractivity contribution < 1.29 is 0 Å². The van der Waals surface area contributed by atoms with Gasteiger partial charge in [-0.2, -0.15) is 0 Å². The summed E-state index contributed by atoms with van der Waals surface area (Å²) in [6.45, 7) is 2.63. The fraction of sp³-hybridized carbons (Fsp3) is 0.389. The Kier molecular flexibility index (Phi) is 4.31. The third-order valence-corrected chi connectivity index (χ3v) is 5.01. The maximum Gasteiger partial charge on any atom is 0.258 e. The van der Waals surface area contributed by atoms with Crippen LogP contribution in [0.2, 0.25) is 5.02 Å². The van der Waals surface area contributed by atoms with Crippen LogP contribution in [0.4, 0.5) is 0 Å². The highest BCUT2D eigenvalue weighted by atomic mass is 35.5. The van der Waals surface area contributed by atoms with Crippen LogP contribution in [0.25, 0.3) is 5.65 Å². The molecule has 7 heteroatoms. The minimum Gasteiger partial charge on any atom is -0.338 e. The van der Waals surface area contributed by atoms with Crippen LogP contribution in [-0.4, -0.2) is 36.9 Å². The molecule has 0 aromatic carbocycles. The van der Waals surface area contributed by atoms with E-state index in [2.05, 4.69) is 19.4 Å². The molecule has 0 radical (unpaired) electrons. The van der Waals surface area contributed by atoms with Crippen LogP contribution in [-0.2, 0) is 13.6 Å². The van der Waals surface area contributed by atoms with Gasteiger partial charge < -0.3 is 4.57 Å². The molecule has 0 bridgehead atoms. The number of imidazole rings is 1. The summed E-state index contributed by atoms with van der Waals surface area (Å²) in [6.07, 6.45) is 7.72. The number of likely N-dealkylation sites (tertiary alicyclic amines) is 1. The van der Waals surface area contributed by atoms with Gasteiger partial charge in [-0.15, -0.1) is 0 Å². The standard InChI is InChI=1S/C18H20ClN5O/c1-22-8-6-20-18(22)13-3-2-7-23(10-13)12-15-9-17(25)24-11-14(19)4-5-16(24)21-15/h4-6,8-9,11,13H,2-3,7,10,12H2,1H3/t13-/m0/s1. The lowest BCUT2D eigenvalue weighted by Gasteiger charge is -2.32. The summed E-state index contributed by atoms with van der Waals surface area (Å²) in [4.78, 5) is 23.8. The normalized spacial score (nSPS) is 18.7. The number of nitrogens with zero attached hydrogens (tertiary/aromatic N) is 5. The first kappa shape index (κ1) is 16.3. The molecule has 1 aliphatic heterocycles. The molecule has 0 saturated carbocycles. The Morgan fingerprint density at radius 3 is 3.04 bits per heavy atom. The molecule has 1 aliphatic rings. The highest BCUT2D eigenvalue weighted by Crippen LogP contribution is 2.26. The molecule has 1 fully saturated rings. The molecule has 0 aliphatic carbocycles. The number of hydrogen-bond donors (Lipinski definition) is 0. The first-order valence-electron chi connectivity index (χ1n) is 8.47. The van der Waals surface area contributed by atoms with Gasteiger partial charge in [0.05, 0.1) is 10.7 Å². The zero-order chi connectivity index (χ0) is 17.4. The van der Waals surface area contributed by atoms with Crippen LogP contribution in [0.3, 0.4) is 0 Å². The maximum atomic E-state index is 12.3. The fourth-order valence-electron chi connectivity index (χ4n) is 3.62. The summed E-state index contributed by atoms with van der Waals surface area (Å²) < 4.78 is 3.58. The van der Waals surface area contributed by atoms with E-state index in [1.807, 2.05) is 19.4 Å². The second kappa shape index (κ2) is 6.61. The van der Waals surface area contributed by atoms with E-state index in [4.69, 9.17) is 11.6 Å². The van der Waals surface area contributed by atoms with Gasteiger partial charge in [-0.3, -0.25) is 14.1 Å². The molecular weight excluding hydrogens is 338 g/mol. The van der Waals surface area contributed by atoms with Crippen LogP contribution in [0, 0.1) is 0 Å². The van der Waals surface area contributed by atoms with Crippen molar-refractivity contribution in [1.29, 1.82) is 0 Å². The number of halogens is 1. The average Bonchev–Trinajstić information content (AvgIpc) is 3.02. The lowest BCUT2D eigenvalue weighted by atomic mass is 9.97. The fourth-order valence-corrected chi connectivity index (χ4v) is 3.78. The molecule has 3 aromatic rings. The van der Waals surface area contributed by atoms with Gasteiger partial charge in [0.25, 0.3) is 5.56 Å². The number of hydrogen-bond acceptors (Lipinski definition) is 4. The van der Waals surface area contributed by atoms with Crippen molar-refractivity contribution in [1.82, 2.24) is 23.8 Å². The molecule has 0 spiro atoms. The number of aromatic nitrogens is 4. The largest absolute Gasteiger partial charge is 0.338 e. The smallest absolute Gasteiger partial charge is 0.258 e. The third kappa shape index (κ3) is 3.32. The molecule has 25 heavy (non-hydrogen) atoms. The molecule has 0 amide bonds. The lowest BCUT2D eigenvalue weighted by molar-refractivity contribution is 0.193. The van der Waals surface area contributed by atoms with Gasteiger partial charge in [0, 0.05) is 50.7 Å². The van der Waals surface area contributed by atoms with Gasteiger partial charge in [0.15, 0.2) is 0 Å². The summed E-state index contributed by atoms with van der Waals surface area (Å²) in [5, 5.41) is 0.526. The van der Waals surface area contributed by atoms with Crippen LogP contribution >= 0.6 is 11.6 Å². The highest BCUT2D eigenvalue weighted by Gasteiger charge is 2.24. The minimum atomic E-state index is -0.0971. The maximum absolute atomic E-state index is 12.3. The Balaban J connectivity index is 1.55. The van der Waals surface area contributed by atoms with Gasteiger partial charge in [0.2, 0.25) is 0 Å². The van der Waals surface area contributed by atoms with E-state index in [9.17, 15) is 4.79 Å². The van der Waals surface area contributed by atoms with Crippen molar-refractivity contribution in [3.8, 4) is 0 Å². The molecule has 3 aromatic heterocycles. The SMILES string of the molecule is Cn1ccnc1[C@H]1CCCN(Cc2cc(=O)n3cc(Cl)ccc3n2)C1. The molecule has 4 rings (SSSR count). The molecule has 1 saturated heterocycles. The Morgan fingerprint density at radius 1 is 1.36 bits per heavy atom. The quantitative estimate of drug-likeness (QED) is 0.722. The molecule has 1 atom stereocenters. The Labute approximate surface area is 150 Å². The number of pyridine rings is 1.